The van der Waals surface area contributed by atoms with Crippen LogP contribution in [0, 0.1) is 0 Å². The lowest BCUT2D eigenvalue weighted by atomic mass is 10.5. The van der Waals surface area contributed by atoms with Crippen molar-refractivity contribution >= 4 is 15.9 Å². The van der Waals surface area contributed by atoms with Gasteiger partial charge in [-0.05, 0) is 12.8 Å². The van der Waals surface area contributed by atoms with Gasteiger partial charge in [0.25, 0.3) is 0 Å². The van der Waals surface area contributed by atoms with Gasteiger partial charge in [0.1, 0.15) is 4.90 Å². The Morgan fingerprint density at radius 1 is 1.65 bits per heavy atom. The zero-order chi connectivity index (χ0) is 12.5. The first-order valence-corrected chi connectivity index (χ1v) is 6.68. The summed E-state index contributed by atoms with van der Waals surface area (Å²) in [6.07, 6.45) is 4.45. The number of hydrogen-bond donors (Lipinski definition) is 2. The average molecular weight is 258 g/mol. The minimum atomic E-state index is -3.63. The smallest absolute Gasteiger partial charge is 0.246 e. The largest absolute Gasteiger partial charge is 0.352 e. The van der Waals surface area contributed by atoms with Gasteiger partial charge < -0.3 is 5.32 Å². The third-order valence-electron chi connectivity index (χ3n) is 2.49. The number of carbonyl (C=O) groups excluding carboxylic acids is 1. The van der Waals surface area contributed by atoms with Crippen LogP contribution < -0.4 is 5.32 Å². The maximum atomic E-state index is 11.9. The van der Waals surface area contributed by atoms with E-state index in [1.165, 1.54) is 19.4 Å². The normalized spacial score (nSPS) is 16.1. The highest BCUT2D eigenvalue weighted by Gasteiger charge is 2.27. The number of carbonyl (C=O) groups is 1. The summed E-state index contributed by atoms with van der Waals surface area (Å²) >= 11 is 0. The van der Waals surface area contributed by atoms with Gasteiger partial charge in [0.05, 0.1) is 12.7 Å². The molecule has 1 aromatic heterocycles. The molecule has 1 heterocycles. The number of aromatic nitrogens is 2. The molecule has 1 amide bonds. The van der Waals surface area contributed by atoms with Gasteiger partial charge in [-0.25, -0.2) is 8.42 Å². The van der Waals surface area contributed by atoms with Gasteiger partial charge in [-0.2, -0.15) is 9.40 Å². The SMILES string of the molecule is CN(CC(=O)NC1CC1)S(=O)(=O)c1cn[nH]c1. The van der Waals surface area contributed by atoms with E-state index >= 15 is 0 Å². The predicted octanol–water partition coefficient (Wildman–Crippen LogP) is -0.691. The number of nitrogens with zero attached hydrogens (tertiary/aromatic N) is 2. The van der Waals surface area contributed by atoms with Crippen LogP contribution >= 0.6 is 0 Å². The fourth-order valence-electron chi connectivity index (χ4n) is 1.35. The van der Waals surface area contributed by atoms with Crippen LogP contribution in [0.3, 0.4) is 0 Å². The number of aromatic amines is 1. The molecule has 0 aromatic carbocycles. The molecule has 0 aliphatic heterocycles. The summed E-state index contributed by atoms with van der Waals surface area (Å²) in [7, 11) is -2.26. The Morgan fingerprint density at radius 2 is 2.35 bits per heavy atom. The Morgan fingerprint density at radius 3 is 2.88 bits per heavy atom. The summed E-state index contributed by atoms with van der Waals surface area (Å²) in [6, 6.07) is 0.229. The Labute approximate surface area is 99.2 Å². The van der Waals surface area contributed by atoms with Gasteiger partial charge in [0, 0.05) is 19.3 Å². The third kappa shape index (κ3) is 2.83. The highest BCUT2D eigenvalue weighted by molar-refractivity contribution is 7.89. The van der Waals surface area contributed by atoms with Crippen LogP contribution in [0.15, 0.2) is 17.3 Å². The first kappa shape index (κ1) is 12.1. The summed E-state index contributed by atoms with van der Waals surface area (Å²) in [4.78, 5) is 11.5. The third-order valence-corrected chi connectivity index (χ3v) is 4.26. The van der Waals surface area contributed by atoms with Crippen LogP contribution in [0.25, 0.3) is 0 Å². The van der Waals surface area contributed by atoms with E-state index in [4.69, 9.17) is 0 Å². The van der Waals surface area contributed by atoms with Crippen molar-refractivity contribution in [3.8, 4) is 0 Å². The molecule has 2 rings (SSSR count). The number of hydrogen-bond acceptors (Lipinski definition) is 4. The quantitative estimate of drug-likeness (QED) is 0.730. The minimum absolute atomic E-state index is 0.0548. The van der Waals surface area contributed by atoms with Crippen LogP contribution in [-0.2, 0) is 14.8 Å². The molecule has 2 N–H and O–H groups in total. The van der Waals surface area contributed by atoms with Crippen molar-refractivity contribution < 1.29 is 13.2 Å². The van der Waals surface area contributed by atoms with Crippen LogP contribution in [0.5, 0.6) is 0 Å². The van der Waals surface area contributed by atoms with E-state index in [2.05, 4.69) is 15.5 Å². The minimum Gasteiger partial charge on any atom is -0.352 e. The van der Waals surface area contributed by atoms with Crippen molar-refractivity contribution in [1.82, 2.24) is 19.8 Å². The lowest BCUT2D eigenvalue weighted by molar-refractivity contribution is -0.121. The molecule has 0 radical (unpaired) electrons. The zero-order valence-corrected chi connectivity index (χ0v) is 10.2. The molecule has 1 saturated carbocycles. The van der Waals surface area contributed by atoms with Gasteiger partial charge in [-0.15, -0.1) is 0 Å². The number of nitrogens with one attached hydrogen (secondary N) is 2. The van der Waals surface area contributed by atoms with Crippen molar-refractivity contribution in [2.45, 2.75) is 23.8 Å². The fourth-order valence-corrected chi connectivity index (χ4v) is 2.38. The number of rotatable bonds is 5. The van der Waals surface area contributed by atoms with Gasteiger partial charge >= 0.3 is 0 Å². The molecule has 8 heteroatoms. The van der Waals surface area contributed by atoms with E-state index in [-0.39, 0.29) is 23.4 Å². The summed E-state index contributed by atoms with van der Waals surface area (Å²) in [5.41, 5.74) is 0. The predicted molar refractivity (Wildman–Crippen MR) is 59.6 cm³/mol. The standard InChI is InChI=1S/C9H14N4O3S/c1-13(6-9(14)12-7-2-3-7)17(15,16)8-4-10-11-5-8/h4-5,7H,2-3,6H2,1H3,(H,10,11)(H,12,14). The first-order chi connectivity index (χ1) is 8.00. The topological polar surface area (TPSA) is 95.2 Å². The molecule has 17 heavy (non-hydrogen) atoms. The zero-order valence-electron chi connectivity index (χ0n) is 9.38. The maximum Gasteiger partial charge on any atom is 0.246 e. The summed E-state index contributed by atoms with van der Waals surface area (Å²) in [5, 5.41) is 8.74. The van der Waals surface area contributed by atoms with Crippen molar-refractivity contribution in [1.29, 1.82) is 0 Å². The number of amides is 1. The van der Waals surface area contributed by atoms with E-state index in [1.54, 1.807) is 0 Å². The van der Waals surface area contributed by atoms with E-state index in [0.717, 1.165) is 17.1 Å². The molecule has 1 fully saturated rings. The molecule has 0 spiro atoms. The molecule has 1 aliphatic carbocycles. The average Bonchev–Trinajstić information content (AvgIpc) is 2.89. The van der Waals surface area contributed by atoms with Crippen LogP contribution in [-0.4, -0.2) is 48.5 Å². The fraction of sp³-hybridized carbons (Fsp3) is 0.556. The van der Waals surface area contributed by atoms with Crippen molar-refractivity contribution in [3.63, 3.8) is 0 Å². The van der Waals surface area contributed by atoms with Gasteiger partial charge in [0.2, 0.25) is 15.9 Å². The Hall–Kier alpha value is -1.41. The van der Waals surface area contributed by atoms with Crippen molar-refractivity contribution in [3.05, 3.63) is 12.4 Å². The van der Waals surface area contributed by atoms with Gasteiger partial charge in [0.15, 0.2) is 0 Å². The summed E-state index contributed by atoms with van der Waals surface area (Å²) in [6.45, 7) is -0.177. The number of sulfonamides is 1. The molecule has 0 bridgehead atoms. The second kappa shape index (κ2) is 4.46. The second-order valence-electron chi connectivity index (χ2n) is 4.04. The van der Waals surface area contributed by atoms with Crippen LogP contribution in [0.2, 0.25) is 0 Å². The highest BCUT2D eigenvalue weighted by Crippen LogP contribution is 2.18. The van der Waals surface area contributed by atoms with E-state index < -0.39 is 10.0 Å². The molecule has 94 valence electrons. The molecule has 0 saturated heterocycles. The summed E-state index contributed by atoms with van der Waals surface area (Å²) in [5.74, 6) is -0.276. The van der Waals surface area contributed by atoms with E-state index in [0.29, 0.717) is 0 Å². The molecule has 1 aromatic rings. The molecule has 7 nitrogen and oxygen atoms in total. The summed E-state index contributed by atoms with van der Waals surface area (Å²) < 4.78 is 24.8. The first-order valence-electron chi connectivity index (χ1n) is 5.24. The lowest BCUT2D eigenvalue weighted by Crippen LogP contribution is -2.39. The highest BCUT2D eigenvalue weighted by atomic mass is 32.2. The van der Waals surface area contributed by atoms with Crippen molar-refractivity contribution in [2.75, 3.05) is 13.6 Å². The Kier molecular flexibility index (Phi) is 3.16. The number of likely N-dealkylation sites (N-methyl/N-ethyl adjacent to an activating group) is 1. The van der Waals surface area contributed by atoms with Crippen LogP contribution in [0.4, 0.5) is 0 Å². The van der Waals surface area contributed by atoms with Crippen molar-refractivity contribution in [2.24, 2.45) is 0 Å². The Bertz CT molecular complexity index is 492. The molecule has 0 atom stereocenters. The monoisotopic (exact) mass is 258 g/mol. The Balaban J connectivity index is 1.99. The molecular weight excluding hydrogens is 244 g/mol. The molecular formula is C9H14N4O3S. The molecule has 0 unspecified atom stereocenters. The number of H-pyrrole nitrogens is 1. The molecule has 1 aliphatic rings. The van der Waals surface area contributed by atoms with E-state index in [1.807, 2.05) is 0 Å². The van der Waals surface area contributed by atoms with Gasteiger partial charge in [-0.3, -0.25) is 9.89 Å². The van der Waals surface area contributed by atoms with E-state index in [9.17, 15) is 13.2 Å². The maximum absolute atomic E-state index is 11.9. The lowest BCUT2D eigenvalue weighted by Gasteiger charge is -2.15. The van der Waals surface area contributed by atoms with Crippen LogP contribution in [0.1, 0.15) is 12.8 Å². The van der Waals surface area contributed by atoms with Gasteiger partial charge in [-0.1, -0.05) is 0 Å². The second-order valence-corrected chi connectivity index (χ2v) is 6.08.